The van der Waals surface area contributed by atoms with Gasteiger partial charge in [0.25, 0.3) is 5.91 Å². The zero-order chi connectivity index (χ0) is 16.3. The topological polar surface area (TPSA) is 100 Å². The van der Waals surface area contributed by atoms with Gasteiger partial charge in [0.1, 0.15) is 10.7 Å². The summed E-state index contributed by atoms with van der Waals surface area (Å²) in [7, 11) is 0. The maximum atomic E-state index is 12.2. The molecule has 0 spiro atoms. The van der Waals surface area contributed by atoms with Crippen LogP contribution >= 0.6 is 11.3 Å². The molecule has 1 aromatic heterocycles. The van der Waals surface area contributed by atoms with E-state index in [9.17, 15) is 4.79 Å². The maximum Gasteiger partial charge on any atom is 0.265 e. The standard InChI is InChI=1S/C14H26N4O2S/c1-13(2,3)18-12-17-10(15)9(21-12)11(20)16-8-14(4,5)6-7-19/h19H,6-8,15H2,1-5H3,(H,16,20)(H,17,18). The number of aliphatic hydroxyl groups excluding tert-OH is 1. The number of thiazole rings is 1. The summed E-state index contributed by atoms with van der Waals surface area (Å²) < 4.78 is 0. The van der Waals surface area contributed by atoms with Crippen molar-refractivity contribution in [2.75, 3.05) is 24.2 Å². The van der Waals surface area contributed by atoms with Crippen LogP contribution in [0, 0.1) is 5.41 Å². The molecule has 0 atom stereocenters. The highest BCUT2D eigenvalue weighted by Gasteiger charge is 2.22. The monoisotopic (exact) mass is 314 g/mol. The molecule has 0 saturated carbocycles. The Morgan fingerprint density at radius 1 is 1.33 bits per heavy atom. The summed E-state index contributed by atoms with van der Waals surface area (Å²) in [5.74, 6) is 0.0159. The third kappa shape index (κ3) is 5.89. The fourth-order valence-electron chi connectivity index (χ4n) is 1.66. The molecule has 1 rings (SSSR count). The van der Waals surface area contributed by atoms with Crippen molar-refractivity contribution in [3.05, 3.63) is 4.88 Å². The van der Waals surface area contributed by atoms with Gasteiger partial charge in [0, 0.05) is 18.7 Å². The van der Waals surface area contributed by atoms with E-state index in [1.165, 1.54) is 11.3 Å². The summed E-state index contributed by atoms with van der Waals surface area (Å²) in [6.07, 6.45) is 0.627. The largest absolute Gasteiger partial charge is 0.396 e. The second-order valence-electron chi connectivity index (χ2n) is 6.93. The lowest BCUT2D eigenvalue weighted by atomic mass is 9.90. The van der Waals surface area contributed by atoms with Crippen LogP contribution in [0.5, 0.6) is 0 Å². The van der Waals surface area contributed by atoms with Crippen LogP contribution in [-0.4, -0.2) is 34.7 Å². The number of nitrogens with one attached hydrogen (secondary N) is 2. The molecule has 0 bridgehead atoms. The van der Waals surface area contributed by atoms with E-state index < -0.39 is 0 Å². The fraction of sp³-hybridized carbons (Fsp3) is 0.714. The molecule has 7 heteroatoms. The van der Waals surface area contributed by atoms with Crippen LogP contribution in [0.2, 0.25) is 0 Å². The zero-order valence-electron chi connectivity index (χ0n) is 13.4. The van der Waals surface area contributed by atoms with Gasteiger partial charge in [0.2, 0.25) is 0 Å². The number of anilines is 2. The van der Waals surface area contributed by atoms with Crippen molar-refractivity contribution >= 4 is 28.2 Å². The minimum absolute atomic E-state index is 0.102. The Kier molecular flexibility index (Phi) is 5.58. The molecule has 120 valence electrons. The first-order valence-corrected chi connectivity index (χ1v) is 7.79. The number of rotatable bonds is 6. The molecule has 0 unspecified atom stereocenters. The number of hydrogen-bond donors (Lipinski definition) is 4. The number of nitrogen functional groups attached to an aromatic ring is 1. The van der Waals surface area contributed by atoms with E-state index in [4.69, 9.17) is 10.8 Å². The minimum atomic E-state index is -0.224. The summed E-state index contributed by atoms with van der Waals surface area (Å²) in [6, 6.07) is 0. The van der Waals surface area contributed by atoms with Crippen molar-refractivity contribution in [1.29, 1.82) is 0 Å². The van der Waals surface area contributed by atoms with Crippen LogP contribution in [0.1, 0.15) is 50.7 Å². The van der Waals surface area contributed by atoms with Crippen LogP contribution in [-0.2, 0) is 0 Å². The van der Waals surface area contributed by atoms with Crippen molar-refractivity contribution in [3.8, 4) is 0 Å². The second-order valence-corrected chi connectivity index (χ2v) is 7.93. The van der Waals surface area contributed by atoms with Gasteiger partial charge < -0.3 is 21.5 Å². The number of nitrogens with two attached hydrogens (primary N) is 1. The Bertz CT molecular complexity index is 492. The van der Waals surface area contributed by atoms with E-state index in [0.717, 1.165) is 0 Å². The van der Waals surface area contributed by atoms with Gasteiger partial charge in [-0.2, -0.15) is 0 Å². The van der Waals surface area contributed by atoms with Gasteiger partial charge in [0.05, 0.1) is 0 Å². The van der Waals surface area contributed by atoms with Crippen molar-refractivity contribution in [2.45, 2.75) is 46.6 Å². The first-order chi connectivity index (χ1) is 9.54. The SMILES string of the molecule is CC(C)(CCO)CNC(=O)c1sc(NC(C)(C)C)nc1N. The number of hydrogen-bond acceptors (Lipinski definition) is 6. The van der Waals surface area contributed by atoms with Crippen molar-refractivity contribution in [2.24, 2.45) is 5.41 Å². The van der Waals surface area contributed by atoms with Gasteiger partial charge in [-0.1, -0.05) is 25.2 Å². The molecule has 1 heterocycles. The van der Waals surface area contributed by atoms with Crippen LogP contribution in [0.25, 0.3) is 0 Å². The van der Waals surface area contributed by atoms with Gasteiger partial charge in [-0.15, -0.1) is 0 Å². The normalized spacial score (nSPS) is 12.3. The Morgan fingerprint density at radius 3 is 2.48 bits per heavy atom. The van der Waals surface area contributed by atoms with Crippen LogP contribution < -0.4 is 16.4 Å². The lowest BCUT2D eigenvalue weighted by molar-refractivity contribution is 0.0933. The maximum absolute atomic E-state index is 12.2. The first-order valence-electron chi connectivity index (χ1n) is 6.98. The summed E-state index contributed by atoms with van der Waals surface area (Å²) >= 11 is 1.25. The van der Waals surface area contributed by atoms with Gasteiger partial charge in [-0.3, -0.25) is 4.79 Å². The molecule has 1 amide bonds. The summed E-state index contributed by atoms with van der Waals surface area (Å²) in [5, 5.41) is 15.7. The highest BCUT2D eigenvalue weighted by Crippen LogP contribution is 2.27. The lowest BCUT2D eigenvalue weighted by Gasteiger charge is -2.23. The van der Waals surface area contributed by atoms with Gasteiger partial charge >= 0.3 is 0 Å². The lowest BCUT2D eigenvalue weighted by Crippen LogP contribution is -2.34. The van der Waals surface area contributed by atoms with Crippen molar-refractivity contribution in [1.82, 2.24) is 10.3 Å². The van der Waals surface area contributed by atoms with Crippen molar-refractivity contribution in [3.63, 3.8) is 0 Å². The fourth-order valence-corrected chi connectivity index (χ4v) is 2.67. The Morgan fingerprint density at radius 2 is 1.95 bits per heavy atom. The quantitative estimate of drug-likeness (QED) is 0.644. The second kappa shape index (κ2) is 6.62. The Hall–Kier alpha value is -1.34. The minimum Gasteiger partial charge on any atom is -0.396 e. The summed E-state index contributed by atoms with van der Waals surface area (Å²) in [5.41, 5.74) is 5.52. The molecule has 0 aromatic carbocycles. The van der Waals surface area contributed by atoms with Crippen LogP contribution in [0.15, 0.2) is 0 Å². The first kappa shape index (κ1) is 17.7. The molecule has 0 fully saturated rings. The van der Waals surface area contributed by atoms with Crippen LogP contribution in [0.4, 0.5) is 10.9 Å². The number of carbonyl (C=O) groups excluding carboxylic acids is 1. The molecule has 0 saturated heterocycles. The van der Waals surface area contributed by atoms with Gasteiger partial charge in [-0.05, 0) is 32.6 Å². The van der Waals surface area contributed by atoms with Gasteiger partial charge in [0.15, 0.2) is 5.13 Å². The zero-order valence-corrected chi connectivity index (χ0v) is 14.2. The molecule has 0 radical (unpaired) electrons. The molecule has 21 heavy (non-hydrogen) atoms. The van der Waals surface area contributed by atoms with Crippen molar-refractivity contribution < 1.29 is 9.90 Å². The van der Waals surface area contributed by atoms with E-state index in [-0.39, 0.29) is 29.3 Å². The highest BCUT2D eigenvalue weighted by molar-refractivity contribution is 7.18. The van der Waals surface area contributed by atoms with E-state index >= 15 is 0 Å². The average Bonchev–Trinajstić information content (AvgIpc) is 2.64. The summed E-state index contributed by atoms with van der Waals surface area (Å²) in [4.78, 5) is 16.8. The number of carbonyl (C=O) groups is 1. The van der Waals surface area contributed by atoms with E-state index in [0.29, 0.717) is 23.0 Å². The molecule has 0 aliphatic rings. The van der Waals surface area contributed by atoms with Gasteiger partial charge in [-0.25, -0.2) is 4.98 Å². The Labute approximate surface area is 130 Å². The number of aliphatic hydroxyl groups is 1. The van der Waals surface area contributed by atoms with E-state index in [1.807, 2.05) is 34.6 Å². The third-order valence-corrected chi connectivity index (χ3v) is 3.84. The molecule has 5 N–H and O–H groups in total. The molecule has 0 aliphatic carbocycles. The summed E-state index contributed by atoms with van der Waals surface area (Å²) in [6.45, 7) is 10.6. The highest BCUT2D eigenvalue weighted by atomic mass is 32.1. The third-order valence-electron chi connectivity index (χ3n) is 2.86. The predicted molar refractivity (Wildman–Crippen MR) is 87.7 cm³/mol. The molecule has 6 nitrogen and oxygen atoms in total. The number of amides is 1. The average molecular weight is 314 g/mol. The predicted octanol–water partition coefficient (Wildman–Crippen LogP) is 2.07. The Balaban J connectivity index is 2.71. The molecular weight excluding hydrogens is 288 g/mol. The van der Waals surface area contributed by atoms with E-state index in [1.54, 1.807) is 0 Å². The molecule has 1 aromatic rings. The number of nitrogens with zero attached hydrogens (tertiary/aromatic N) is 1. The molecular formula is C14H26N4O2S. The number of aromatic nitrogens is 1. The smallest absolute Gasteiger partial charge is 0.265 e. The van der Waals surface area contributed by atoms with E-state index in [2.05, 4.69) is 15.6 Å². The molecule has 0 aliphatic heterocycles. The van der Waals surface area contributed by atoms with Crippen LogP contribution in [0.3, 0.4) is 0 Å².